The second-order valence-electron chi connectivity index (χ2n) is 24.5. The van der Waals surface area contributed by atoms with E-state index < -0.39 is 23.3 Å². The molecule has 12 rings (SSSR count). The molecule has 0 bridgehead atoms. The molecule has 6 aromatic carbocycles. The van der Waals surface area contributed by atoms with Crippen molar-refractivity contribution >= 4 is 96.6 Å². The molecule has 3 aliphatic heterocycles. The monoisotopic (exact) mass is 1350 g/mol. The Balaban J connectivity index is 0.000000162. The van der Waals surface area contributed by atoms with E-state index in [1.54, 1.807) is 29.2 Å². The number of anilines is 6. The van der Waals surface area contributed by atoms with Crippen LogP contribution in [-0.4, -0.2) is 114 Å². The lowest BCUT2D eigenvalue weighted by Gasteiger charge is -2.32. The third kappa shape index (κ3) is 16.0. The third-order valence-electron chi connectivity index (χ3n) is 16.6. The number of ether oxygens (including phenoxy) is 7. The summed E-state index contributed by atoms with van der Waals surface area (Å²) in [7, 11) is 0. The molecule has 1 unspecified atom stereocenters. The van der Waals surface area contributed by atoms with Crippen LogP contribution in [0.15, 0.2) is 110 Å². The number of hydrogen-bond donors (Lipinski definition) is 8. The number of carbonyl (C=O) groups excluding carboxylic acids is 5. The van der Waals surface area contributed by atoms with E-state index in [-0.39, 0.29) is 29.0 Å². The van der Waals surface area contributed by atoms with Crippen LogP contribution in [0.1, 0.15) is 144 Å². The molecule has 0 saturated heterocycles. The molecular weight excluding hydrogens is 1260 g/mol. The van der Waals surface area contributed by atoms with Gasteiger partial charge in [-0.15, -0.1) is 0 Å². The molecular formula is C75H86N12O12. The van der Waals surface area contributed by atoms with Crippen molar-refractivity contribution in [1.29, 1.82) is 0 Å². The number of pyridine rings is 3. The average Bonchev–Trinajstić information content (AvgIpc) is 0.779. The topological polar surface area (TPSA) is 330 Å². The zero-order valence-corrected chi connectivity index (χ0v) is 57.6. The van der Waals surface area contributed by atoms with Gasteiger partial charge < -0.3 is 81.8 Å². The highest BCUT2D eigenvalue weighted by Crippen LogP contribution is 2.43. The van der Waals surface area contributed by atoms with Gasteiger partial charge >= 0.3 is 6.09 Å². The van der Waals surface area contributed by atoms with Crippen molar-refractivity contribution in [2.75, 3.05) is 75.2 Å². The van der Waals surface area contributed by atoms with Gasteiger partial charge in [-0.1, -0.05) is 37.3 Å². The summed E-state index contributed by atoms with van der Waals surface area (Å²) in [5, 5.41) is 18.7. The summed E-state index contributed by atoms with van der Waals surface area (Å²) >= 11 is 0. The largest absolute Gasteiger partial charge is 0.490 e. The van der Waals surface area contributed by atoms with Gasteiger partial charge in [-0.25, -0.2) is 4.79 Å². The van der Waals surface area contributed by atoms with Gasteiger partial charge in [-0.3, -0.25) is 34.1 Å². The standard InChI is InChI=1S/C28H34N4O5.C24H26N4O4.C23H26N4O3/c1-6-35-23-13-19-22(14-24(23)36-7-2)30-15-20(26(29)33)25(19)31-21-10-8-9-17-16-32(12-11-18(17)21)27(34)37-28(3,4)5;1-4-31-19-9-15-18(10-20(19)32-5-2)26-12-16(23(25)29)22(15)28-17-8-6-7-14-21(17)13(3)11-27-24(14)30;1-3-29-20-10-16-19(11-21(20)30-4-2)26-13-17(23(24)28)22(16)27-18-7-5-6-14-12-25-9-8-15(14)18/h8-10,13-15H,6-7,11-12,16H2,1-5H3,(H2,29,33)(H,30,31);6-10,12-13H,4-5,11H2,1-3H3,(H2,25,29)(H,26,28)(H,27,30);5-7,10-11,13,25H,3-4,8-9,12H2,1-2H3,(H2,24,28)(H,26,27). The molecule has 0 aliphatic carbocycles. The van der Waals surface area contributed by atoms with Crippen LogP contribution >= 0.6 is 0 Å². The van der Waals surface area contributed by atoms with Crippen LogP contribution in [0.25, 0.3) is 32.7 Å². The first-order valence-electron chi connectivity index (χ1n) is 33.4. The number of nitrogens with two attached hydrogens (primary N) is 3. The number of primary amides is 3. The minimum Gasteiger partial charge on any atom is -0.490 e. The predicted molar refractivity (Wildman–Crippen MR) is 383 cm³/mol. The number of amides is 5. The van der Waals surface area contributed by atoms with Crippen molar-refractivity contribution in [2.24, 2.45) is 17.2 Å². The molecule has 5 amide bonds. The van der Waals surface area contributed by atoms with E-state index in [4.69, 9.17) is 50.4 Å². The van der Waals surface area contributed by atoms with Crippen molar-refractivity contribution in [3.05, 3.63) is 160 Å². The highest BCUT2D eigenvalue weighted by Gasteiger charge is 2.30. The molecule has 3 aromatic heterocycles. The first-order valence-corrected chi connectivity index (χ1v) is 33.4. The Labute approximate surface area is 574 Å². The summed E-state index contributed by atoms with van der Waals surface area (Å²) in [5.74, 6) is 1.76. The summed E-state index contributed by atoms with van der Waals surface area (Å²) in [6.45, 7) is 25.2. The molecule has 518 valence electrons. The summed E-state index contributed by atoms with van der Waals surface area (Å²) < 4.78 is 40.1. The second kappa shape index (κ2) is 31.4. The van der Waals surface area contributed by atoms with E-state index in [1.807, 2.05) is 130 Å². The summed E-state index contributed by atoms with van der Waals surface area (Å²) in [5.41, 5.74) is 29.7. The minimum atomic E-state index is -0.607. The van der Waals surface area contributed by atoms with Gasteiger partial charge in [0.05, 0.1) is 89.9 Å². The van der Waals surface area contributed by atoms with Gasteiger partial charge in [-0.2, -0.15) is 0 Å². The lowest BCUT2D eigenvalue weighted by Crippen LogP contribution is -2.40. The average molecular weight is 1350 g/mol. The number of nitrogens with zero attached hydrogens (tertiary/aromatic N) is 4. The molecule has 11 N–H and O–H groups in total. The lowest BCUT2D eigenvalue weighted by atomic mass is 9.90. The van der Waals surface area contributed by atoms with Crippen LogP contribution in [-0.2, 0) is 30.7 Å². The number of fused-ring (bicyclic) bond motifs is 6. The summed E-state index contributed by atoms with van der Waals surface area (Å²) in [6, 6.07) is 28.5. The van der Waals surface area contributed by atoms with Gasteiger partial charge in [0.25, 0.3) is 23.6 Å². The molecule has 24 nitrogen and oxygen atoms in total. The zero-order valence-electron chi connectivity index (χ0n) is 57.6. The molecule has 0 spiro atoms. The number of aromatic nitrogens is 3. The van der Waals surface area contributed by atoms with E-state index in [0.717, 1.165) is 58.6 Å². The van der Waals surface area contributed by atoms with Gasteiger partial charge in [0.15, 0.2) is 34.5 Å². The number of hydrogen-bond acceptors (Lipinski definition) is 19. The van der Waals surface area contributed by atoms with Crippen LogP contribution in [0, 0.1) is 0 Å². The maximum atomic E-state index is 12.6. The molecule has 0 fully saturated rings. The van der Waals surface area contributed by atoms with Gasteiger partial charge in [0.2, 0.25) is 0 Å². The number of rotatable bonds is 21. The number of nitrogens with one attached hydrogen (secondary N) is 5. The maximum Gasteiger partial charge on any atom is 0.410 e. The Morgan fingerprint density at radius 3 is 1.36 bits per heavy atom. The summed E-state index contributed by atoms with van der Waals surface area (Å²) in [6.07, 6.45) is 5.65. The fraction of sp³-hybridized carbons (Fsp3) is 0.333. The van der Waals surface area contributed by atoms with Gasteiger partial charge in [0, 0.05) is 108 Å². The van der Waals surface area contributed by atoms with Crippen molar-refractivity contribution in [3.63, 3.8) is 0 Å². The van der Waals surface area contributed by atoms with E-state index in [1.165, 1.54) is 29.7 Å². The molecule has 24 heteroatoms. The second-order valence-corrected chi connectivity index (χ2v) is 24.5. The molecule has 99 heavy (non-hydrogen) atoms. The Morgan fingerprint density at radius 1 is 0.545 bits per heavy atom. The van der Waals surface area contributed by atoms with Crippen LogP contribution in [0.5, 0.6) is 34.5 Å². The van der Waals surface area contributed by atoms with Crippen molar-refractivity contribution in [3.8, 4) is 34.5 Å². The normalized spacial score (nSPS) is 13.7. The fourth-order valence-corrected chi connectivity index (χ4v) is 12.3. The lowest BCUT2D eigenvalue weighted by molar-refractivity contribution is 0.0223. The molecule has 9 aromatic rings. The van der Waals surface area contributed by atoms with Gasteiger partial charge in [0.1, 0.15) is 5.60 Å². The van der Waals surface area contributed by atoms with Crippen molar-refractivity contribution in [1.82, 2.24) is 30.5 Å². The van der Waals surface area contributed by atoms with Crippen LogP contribution in [0.2, 0.25) is 0 Å². The van der Waals surface area contributed by atoms with Crippen LogP contribution in [0.4, 0.5) is 38.9 Å². The van der Waals surface area contributed by atoms with E-state index in [0.29, 0.717) is 156 Å². The molecule has 1 atom stereocenters. The van der Waals surface area contributed by atoms with Crippen LogP contribution < -0.4 is 72.2 Å². The number of carbonyl (C=O) groups is 5. The highest BCUT2D eigenvalue weighted by molar-refractivity contribution is 6.11. The maximum absolute atomic E-state index is 12.6. The first-order chi connectivity index (χ1) is 47.7. The van der Waals surface area contributed by atoms with E-state index >= 15 is 0 Å². The predicted octanol–water partition coefficient (Wildman–Crippen LogP) is 12.4. The molecule has 3 aliphatic rings. The Bertz CT molecular complexity index is 4540. The highest BCUT2D eigenvalue weighted by atomic mass is 16.6. The fourth-order valence-electron chi connectivity index (χ4n) is 12.3. The summed E-state index contributed by atoms with van der Waals surface area (Å²) in [4.78, 5) is 76.9. The third-order valence-corrected chi connectivity index (χ3v) is 16.6. The molecule has 0 radical (unpaired) electrons. The van der Waals surface area contributed by atoms with Crippen molar-refractivity contribution < 1.29 is 57.1 Å². The smallest absolute Gasteiger partial charge is 0.410 e. The first kappa shape index (κ1) is 70.7. The minimum absolute atomic E-state index is 0.0973. The van der Waals surface area contributed by atoms with Crippen molar-refractivity contribution in [2.45, 2.75) is 107 Å². The zero-order chi connectivity index (χ0) is 70.7. The molecule has 6 heterocycles. The van der Waals surface area contributed by atoms with E-state index in [2.05, 4.69) is 47.6 Å². The molecule has 0 saturated carbocycles. The Kier molecular flexibility index (Phi) is 22.4. The van der Waals surface area contributed by atoms with Gasteiger partial charge in [-0.05, 0) is 152 Å². The number of benzene rings is 6. The SMILES string of the molecule is CCOc1cc2ncc(C(N)=O)c(Nc3cccc4c3C(C)CNC4=O)c2cc1OCC.CCOc1cc2ncc(C(N)=O)c(Nc3cccc4c3CCN(C(=O)OC(C)(C)C)C4)c2cc1OCC.CCOc1cc2ncc(C(N)=O)c(Nc3cccc4c3CCNC4)c2cc1OCC. The Morgan fingerprint density at radius 2 is 0.939 bits per heavy atom. The van der Waals surface area contributed by atoms with E-state index in [9.17, 15) is 24.0 Å². The quantitative estimate of drug-likeness (QED) is 0.0331. The van der Waals surface area contributed by atoms with Crippen LogP contribution in [0.3, 0.4) is 0 Å². The Hall–Kier alpha value is -11.1.